The van der Waals surface area contributed by atoms with Crippen LogP contribution in [0.5, 0.6) is 0 Å². The molecule has 1 fully saturated rings. The van der Waals surface area contributed by atoms with Crippen molar-refractivity contribution in [2.45, 2.75) is 31.7 Å². The number of carbonyl (C=O) groups is 1. The zero-order valence-electron chi connectivity index (χ0n) is 9.27. The summed E-state index contributed by atoms with van der Waals surface area (Å²) in [5.41, 5.74) is 11.3. The summed E-state index contributed by atoms with van der Waals surface area (Å²) in [7, 11) is 1.98. The van der Waals surface area contributed by atoms with Gasteiger partial charge in [0.2, 0.25) is 0 Å². The third kappa shape index (κ3) is 1.84. The van der Waals surface area contributed by atoms with Crippen molar-refractivity contribution in [2.75, 3.05) is 17.7 Å². The maximum atomic E-state index is 11.3. The van der Waals surface area contributed by atoms with E-state index in [1.807, 2.05) is 7.05 Å². The highest BCUT2D eigenvalue weighted by Gasteiger charge is 2.26. The van der Waals surface area contributed by atoms with Gasteiger partial charge in [-0.3, -0.25) is 4.79 Å². The summed E-state index contributed by atoms with van der Waals surface area (Å²) >= 11 is 1.25. The first-order valence-corrected chi connectivity index (χ1v) is 6.16. The van der Waals surface area contributed by atoms with E-state index in [1.165, 1.54) is 24.4 Å². The number of aromatic nitrogens is 1. The second kappa shape index (κ2) is 4.29. The van der Waals surface area contributed by atoms with Gasteiger partial charge < -0.3 is 16.4 Å². The standard InChI is InChI=1S/C10H16N4OS/c1-14(6-4-2-3-5-6)10-7(9(12)15)8(11)13-16-10/h6H,2-5H2,1H3,(H2,11,13)(H2,12,15). The molecule has 1 aliphatic rings. The number of hydrogen-bond acceptors (Lipinski definition) is 5. The molecule has 1 aromatic heterocycles. The summed E-state index contributed by atoms with van der Waals surface area (Å²) in [6, 6.07) is 0.484. The normalized spacial score (nSPS) is 16.6. The molecule has 1 aliphatic carbocycles. The Bertz CT molecular complexity index is 398. The van der Waals surface area contributed by atoms with Crippen molar-refractivity contribution >= 4 is 28.3 Å². The number of nitrogens with zero attached hydrogens (tertiary/aromatic N) is 2. The van der Waals surface area contributed by atoms with E-state index >= 15 is 0 Å². The van der Waals surface area contributed by atoms with Crippen LogP contribution in [0.4, 0.5) is 10.8 Å². The molecule has 0 spiro atoms. The van der Waals surface area contributed by atoms with Gasteiger partial charge in [0.05, 0.1) is 0 Å². The fraction of sp³-hybridized carbons (Fsp3) is 0.600. The fourth-order valence-electron chi connectivity index (χ4n) is 2.22. The molecule has 0 atom stereocenters. The van der Waals surface area contributed by atoms with Crippen LogP contribution in [0.2, 0.25) is 0 Å². The Kier molecular flexibility index (Phi) is 3.00. The smallest absolute Gasteiger partial charge is 0.255 e. The van der Waals surface area contributed by atoms with Crippen molar-refractivity contribution < 1.29 is 4.79 Å². The Balaban J connectivity index is 2.28. The Morgan fingerprint density at radius 2 is 2.12 bits per heavy atom. The number of primary amides is 1. The van der Waals surface area contributed by atoms with Gasteiger partial charge in [-0.15, -0.1) is 0 Å². The molecule has 1 aromatic rings. The molecule has 88 valence electrons. The van der Waals surface area contributed by atoms with Crippen molar-refractivity contribution in [3.63, 3.8) is 0 Å². The fourth-order valence-corrected chi connectivity index (χ4v) is 3.07. The first-order chi connectivity index (χ1) is 7.61. The minimum Gasteiger partial charge on any atom is -0.382 e. The Morgan fingerprint density at radius 1 is 1.50 bits per heavy atom. The van der Waals surface area contributed by atoms with Gasteiger partial charge in [0, 0.05) is 13.1 Å². The molecule has 1 amide bonds. The van der Waals surface area contributed by atoms with Gasteiger partial charge in [0.25, 0.3) is 5.91 Å². The van der Waals surface area contributed by atoms with E-state index in [9.17, 15) is 4.79 Å². The second-order valence-electron chi connectivity index (χ2n) is 4.16. The number of nitrogen functional groups attached to an aromatic ring is 1. The number of hydrogen-bond donors (Lipinski definition) is 2. The minimum absolute atomic E-state index is 0.248. The molecule has 0 radical (unpaired) electrons. The quantitative estimate of drug-likeness (QED) is 0.831. The molecular formula is C10H16N4OS. The van der Waals surface area contributed by atoms with Crippen LogP contribution >= 0.6 is 11.5 Å². The average molecular weight is 240 g/mol. The topological polar surface area (TPSA) is 85.2 Å². The first kappa shape index (κ1) is 11.2. The highest BCUT2D eigenvalue weighted by Crippen LogP contribution is 2.34. The molecule has 0 aromatic carbocycles. The van der Waals surface area contributed by atoms with Crippen LogP contribution in [0.1, 0.15) is 36.0 Å². The van der Waals surface area contributed by atoms with Crippen LogP contribution in [0.15, 0.2) is 0 Å². The lowest BCUT2D eigenvalue weighted by Crippen LogP contribution is -2.30. The molecule has 1 heterocycles. The van der Waals surface area contributed by atoms with E-state index in [0.29, 0.717) is 11.6 Å². The minimum atomic E-state index is -0.494. The highest BCUT2D eigenvalue weighted by molar-refractivity contribution is 7.11. The van der Waals surface area contributed by atoms with Gasteiger partial charge in [0.1, 0.15) is 10.6 Å². The van der Waals surface area contributed by atoms with Crippen molar-refractivity contribution in [1.29, 1.82) is 0 Å². The summed E-state index contributed by atoms with van der Waals surface area (Å²) in [6.45, 7) is 0. The van der Waals surface area contributed by atoms with E-state index in [0.717, 1.165) is 17.8 Å². The van der Waals surface area contributed by atoms with Crippen molar-refractivity contribution in [1.82, 2.24) is 4.37 Å². The molecule has 4 N–H and O–H groups in total. The second-order valence-corrected chi connectivity index (χ2v) is 4.91. The number of amides is 1. The number of carbonyl (C=O) groups excluding carboxylic acids is 1. The highest BCUT2D eigenvalue weighted by atomic mass is 32.1. The first-order valence-electron chi connectivity index (χ1n) is 5.39. The Hall–Kier alpha value is -1.30. The summed E-state index contributed by atoms with van der Waals surface area (Å²) in [4.78, 5) is 13.4. The molecular weight excluding hydrogens is 224 g/mol. The van der Waals surface area contributed by atoms with Crippen LogP contribution < -0.4 is 16.4 Å². The number of anilines is 2. The van der Waals surface area contributed by atoms with E-state index in [4.69, 9.17) is 11.5 Å². The predicted octanol–water partition coefficient (Wildman–Crippen LogP) is 1.20. The van der Waals surface area contributed by atoms with E-state index in [2.05, 4.69) is 9.27 Å². The van der Waals surface area contributed by atoms with Gasteiger partial charge in [-0.2, -0.15) is 4.37 Å². The van der Waals surface area contributed by atoms with Gasteiger partial charge >= 0.3 is 0 Å². The zero-order valence-corrected chi connectivity index (χ0v) is 10.1. The van der Waals surface area contributed by atoms with E-state index in [-0.39, 0.29) is 5.82 Å². The molecule has 5 nitrogen and oxygen atoms in total. The lowest BCUT2D eigenvalue weighted by molar-refractivity contribution is 0.100. The third-order valence-corrected chi connectivity index (χ3v) is 4.09. The average Bonchev–Trinajstić information content (AvgIpc) is 2.84. The zero-order chi connectivity index (χ0) is 11.7. The van der Waals surface area contributed by atoms with Crippen molar-refractivity contribution in [3.05, 3.63) is 5.56 Å². The Morgan fingerprint density at radius 3 is 2.69 bits per heavy atom. The largest absolute Gasteiger partial charge is 0.382 e. The van der Waals surface area contributed by atoms with Crippen molar-refractivity contribution in [2.24, 2.45) is 5.73 Å². The van der Waals surface area contributed by atoms with Gasteiger partial charge in [-0.25, -0.2) is 0 Å². The number of rotatable bonds is 3. The molecule has 0 saturated heterocycles. The third-order valence-electron chi connectivity index (χ3n) is 3.14. The van der Waals surface area contributed by atoms with Crippen molar-refractivity contribution in [3.8, 4) is 0 Å². The number of nitrogens with two attached hydrogens (primary N) is 2. The van der Waals surface area contributed by atoms with Crippen LogP contribution in [-0.2, 0) is 0 Å². The summed E-state index contributed by atoms with van der Waals surface area (Å²) < 4.78 is 4.01. The summed E-state index contributed by atoms with van der Waals surface area (Å²) in [5.74, 6) is -0.247. The molecule has 1 saturated carbocycles. The van der Waals surface area contributed by atoms with Gasteiger partial charge in [-0.05, 0) is 24.4 Å². The maximum absolute atomic E-state index is 11.3. The monoisotopic (exact) mass is 240 g/mol. The molecule has 16 heavy (non-hydrogen) atoms. The van der Waals surface area contributed by atoms with Gasteiger partial charge in [-0.1, -0.05) is 12.8 Å². The van der Waals surface area contributed by atoms with Crippen LogP contribution in [-0.4, -0.2) is 23.4 Å². The van der Waals surface area contributed by atoms with E-state index in [1.54, 1.807) is 0 Å². The predicted molar refractivity (Wildman–Crippen MR) is 65.7 cm³/mol. The van der Waals surface area contributed by atoms with Gasteiger partial charge in [0.15, 0.2) is 5.82 Å². The summed E-state index contributed by atoms with van der Waals surface area (Å²) in [6.07, 6.45) is 4.81. The molecule has 0 unspecified atom stereocenters. The summed E-state index contributed by atoms with van der Waals surface area (Å²) in [5, 5.41) is 0.803. The SMILES string of the molecule is CN(c1snc(N)c1C(N)=O)C1CCCC1. The van der Waals surface area contributed by atoms with E-state index < -0.39 is 5.91 Å². The molecule has 0 aliphatic heterocycles. The lowest BCUT2D eigenvalue weighted by Gasteiger charge is -2.25. The van der Waals surface area contributed by atoms with Crippen LogP contribution in [0.25, 0.3) is 0 Å². The molecule has 0 bridgehead atoms. The lowest BCUT2D eigenvalue weighted by atomic mass is 10.2. The molecule has 2 rings (SSSR count). The maximum Gasteiger partial charge on any atom is 0.255 e. The Labute approximate surface area is 98.6 Å². The molecule has 6 heteroatoms. The van der Waals surface area contributed by atoms with Crippen LogP contribution in [0.3, 0.4) is 0 Å². The van der Waals surface area contributed by atoms with Crippen LogP contribution in [0, 0.1) is 0 Å².